The molecule has 8 nitrogen and oxygen atoms in total. The second-order valence-electron chi connectivity index (χ2n) is 6.90. The fourth-order valence-electron chi connectivity index (χ4n) is 2.63. The summed E-state index contributed by atoms with van der Waals surface area (Å²) in [7, 11) is 0. The normalized spacial score (nSPS) is 11.0. The van der Waals surface area contributed by atoms with Gasteiger partial charge in [-0.3, -0.25) is 14.9 Å². The molecule has 0 aliphatic heterocycles. The lowest BCUT2D eigenvalue weighted by molar-refractivity contribution is -0.384. The van der Waals surface area contributed by atoms with Gasteiger partial charge in [-0.1, -0.05) is 32.3 Å². The van der Waals surface area contributed by atoms with E-state index in [9.17, 15) is 14.9 Å². The Bertz CT molecular complexity index is 755. The standard InChI is InChI=1S/C19H26N4O4/c1-4-5-11-22(18(24)13-14(2)3)12-10-17-20-19(21-27-17)15-6-8-16(9-7-15)23(25)26/h6-9,14H,4-5,10-13H2,1-3H3. The molecule has 0 bridgehead atoms. The van der Waals surface area contributed by atoms with Gasteiger partial charge in [0.05, 0.1) is 4.92 Å². The van der Waals surface area contributed by atoms with Crippen LogP contribution in [0.2, 0.25) is 0 Å². The third-order valence-corrected chi connectivity index (χ3v) is 4.12. The number of aromatic nitrogens is 2. The number of nitro benzene ring substituents is 1. The van der Waals surface area contributed by atoms with Crippen LogP contribution < -0.4 is 0 Å². The summed E-state index contributed by atoms with van der Waals surface area (Å²) < 4.78 is 5.28. The van der Waals surface area contributed by atoms with E-state index < -0.39 is 4.92 Å². The lowest BCUT2D eigenvalue weighted by Gasteiger charge is -2.22. The predicted octanol–water partition coefficient (Wildman–Crippen LogP) is 3.86. The van der Waals surface area contributed by atoms with E-state index in [1.165, 1.54) is 12.1 Å². The topological polar surface area (TPSA) is 102 Å². The molecule has 2 aromatic rings. The van der Waals surface area contributed by atoms with Crippen molar-refractivity contribution in [3.05, 3.63) is 40.3 Å². The van der Waals surface area contributed by atoms with E-state index in [0.29, 0.717) is 42.6 Å². The predicted molar refractivity (Wildman–Crippen MR) is 101 cm³/mol. The van der Waals surface area contributed by atoms with E-state index in [1.54, 1.807) is 12.1 Å². The molecule has 0 atom stereocenters. The minimum Gasteiger partial charge on any atom is -0.342 e. The summed E-state index contributed by atoms with van der Waals surface area (Å²) in [6, 6.07) is 5.99. The Labute approximate surface area is 158 Å². The van der Waals surface area contributed by atoms with Crippen molar-refractivity contribution in [2.75, 3.05) is 13.1 Å². The van der Waals surface area contributed by atoms with Crippen molar-refractivity contribution < 1.29 is 14.2 Å². The minimum absolute atomic E-state index is 0.0118. The molecule has 0 unspecified atom stereocenters. The van der Waals surface area contributed by atoms with Gasteiger partial charge in [-0.05, 0) is 24.5 Å². The molecule has 0 N–H and O–H groups in total. The Morgan fingerprint density at radius 1 is 1.26 bits per heavy atom. The molecule has 1 amide bonds. The minimum atomic E-state index is -0.454. The van der Waals surface area contributed by atoms with Crippen LogP contribution in [0.25, 0.3) is 11.4 Å². The van der Waals surface area contributed by atoms with Crippen molar-refractivity contribution in [1.82, 2.24) is 15.0 Å². The van der Waals surface area contributed by atoms with Gasteiger partial charge in [-0.15, -0.1) is 0 Å². The molecule has 8 heteroatoms. The number of nitrogens with zero attached hydrogens (tertiary/aromatic N) is 4. The van der Waals surface area contributed by atoms with E-state index in [2.05, 4.69) is 17.1 Å². The van der Waals surface area contributed by atoms with Gasteiger partial charge in [-0.25, -0.2) is 0 Å². The summed E-state index contributed by atoms with van der Waals surface area (Å²) >= 11 is 0. The molecular formula is C19H26N4O4. The van der Waals surface area contributed by atoms with Crippen LogP contribution >= 0.6 is 0 Å². The smallest absolute Gasteiger partial charge is 0.269 e. The molecule has 146 valence electrons. The van der Waals surface area contributed by atoms with E-state index in [0.717, 1.165) is 19.4 Å². The van der Waals surface area contributed by atoms with Crippen molar-refractivity contribution in [3.8, 4) is 11.4 Å². The van der Waals surface area contributed by atoms with E-state index in [4.69, 9.17) is 4.52 Å². The summed E-state index contributed by atoms with van der Waals surface area (Å²) in [6.07, 6.45) is 2.99. The van der Waals surface area contributed by atoms with Gasteiger partial charge >= 0.3 is 0 Å². The Kier molecular flexibility index (Phi) is 7.45. The number of hydrogen-bond donors (Lipinski definition) is 0. The quantitative estimate of drug-likeness (QED) is 0.462. The Morgan fingerprint density at radius 2 is 1.96 bits per heavy atom. The number of nitro groups is 1. The average molecular weight is 374 g/mol. The molecule has 0 saturated carbocycles. The van der Waals surface area contributed by atoms with Crippen LogP contribution in [0.15, 0.2) is 28.8 Å². The molecule has 27 heavy (non-hydrogen) atoms. The Balaban J connectivity index is 2.00. The highest BCUT2D eigenvalue weighted by atomic mass is 16.6. The summed E-state index contributed by atoms with van der Waals surface area (Å²) in [4.78, 5) is 28.9. The average Bonchev–Trinajstić information content (AvgIpc) is 3.10. The molecule has 0 aliphatic rings. The third kappa shape index (κ3) is 6.16. The van der Waals surface area contributed by atoms with Crippen LogP contribution in [0.1, 0.15) is 45.9 Å². The maximum absolute atomic E-state index is 12.4. The first-order valence-corrected chi connectivity index (χ1v) is 9.25. The first-order valence-electron chi connectivity index (χ1n) is 9.25. The van der Waals surface area contributed by atoms with Crippen LogP contribution in [0.3, 0.4) is 0 Å². The number of non-ortho nitro benzene ring substituents is 1. The highest BCUT2D eigenvalue weighted by molar-refractivity contribution is 5.76. The van der Waals surface area contributed by atoms with Crippen LogP contribution in [0.5, 0.6) is 0 Å². The van der Waals surface area contributed by atoms with E-state index in [-0.39, 0.29) is 11.6 Å². The molecule has 1 aromatic carbocycles. The van der Waals surface area contributed by atoms with Crippen molar-refractivity contribution in [2.45, 2.75) is 46.5 Å². The molecule has 0 saturated heterocycles. The second kappa shape index (κ2) is 9.80. The number of carbonyl (C=O) groups excluding carboxylic acids is 1. The number of benzene rings is 1. The van der Waals surface area contributed by atoms with Gasteiger partial charge < -0.3 is 9.42 Å². The third-order valence-electron chi connectivity index (χ3n) is 4.12. The maximum Gasteiger partial charge on any atom is 0.269 e. The molecule has 2 rings (SSSR count). The van der Waals surface area contributed by atoms with Gasteiger partial charge in [0.2, 0.25) is 17.6 Å². The van der Waals surface area contributed by atoms with Crippen LogP contribution in [-0.4, -0.2) is 39.0 Å². The zero-order chi connectivity index (χ0) is 19.8. The number of rotatable bonds is 10. The van der Waals surface area contributed by atoms with E-state index in [1.807, 2.05) is 18.7 Å². The number of hydrogen-bond acceptors (Lipinski definition) is 6. The number of unbranched alkanes of at least 4 members (excludes halogenated alkanes) is 1. The first kappa shape index (κ1) is 20.5. The summed E-state index contributed by atoms with van der Waals surface area (Å²) in [6.45, 7) is 7.42. The van der Waals surface area contributed by atoms with Crippen LogP contribution in [-0.2, 0) is 11.2 Å². The number of amides is 1. The zero-order valence-corrected chi connectivity index (χ0v) is 16.1. The molecule has 0 spiro atoms. The molecule has 0 radical (unpaired) electrons. The SMILES string of the molecule is CCCCN(CCc1nc(-c2ccc([N+](=O)[O-])cc2)no1)C(=O)CC(C)C. The van der Waals surface area contributed by atoms with Crippen molar-refractivity contribution in [2.24, 2.45) is 5.92 Å². The zero-order valence-electron chi connectivity index (χ0n) is 16.1. The maximum atomic E-state index is 12.4. The van der Waals surface area contributed by atoms with E-state index >= 15 is 0 Å². The van der Waals surface area contributed by atoms with Gasteiger partial charge in [-0.2, -0.15) is 4.98 Å². The number of carbonyl (C=O) groups is 1. The lowest BCUT2D eigenvalue weighted by atomic mass is 10.1. The molecule has 1 aromatic heterocycles. The second-order valence-corrected chi connectivity index (χ2v) is 6.90. The van der Waals surface area contributed by atoms with Gasteiger partial charge in [0.25, 0.3) is 5.69 Å². The fourth-order valence-corrected chi connectivity index (χ4v) is 2.63. The highest BCUT2D eigenvalue weighted by Gasteiger charge is 2.17. The van der Waals surface area contributed by atoms with Gasteiger partial charge in [0.15, 0.2) is 0 Å². The van der Waals surface area contributed by atoms with Crippen molar-refractivity contribution in [1.29, 1.82) is 0 Å². The van der Waals surface area contributed by atoms with Crippen LogP contribution in [0.4, 0.5) is 5.69 Å². The first-order chi connectivity index (χ1) is 12.9. The van der Waals surface area contributed by atoms with Crippen molar-refractivity contribution >= 4 is 11.6 Å². The molecule has 0 fully saturated rings. The van der Waals surface area contributed by atoms with Crippen LogP contribution in [0, 0.1) is 16.0 Å². The Hall–Kier alpha value is -2.77. The largest absolute Gasteiger partial charge is 0.342 e. The van der Waals surface area contributed by atoms with Gasteiger partial charge in [0.1, 0.15) is 0 Å². The fraction of sp³-hybridized carbons (Fsp3) is 0.526. The monoisotopic (exact) mass is 374 g/mol. The van der Waals surface area contributed by atoms with Crippen molar-refractivity contribution in [3.63, 3.8) is 0 Å². The summed E-state index contributed by atoms with van der Waals surface area (Å²) in [5, 5.41) is 14.7. The Morgan fingerprint density at radius 3 is 2.56 bits per heavy atom. The lowest BCUT2D eigenvalue weighted by Crippen LogP contribution is -2.34. The highest BCUT2D eigenvalue weighted by Crippen LogP contribution is 2.20. The molecular weight excluding hydrogens is 348 g/mol. The molecule has 1 heterocycles. The summed E-state index contributed by atoms with van der Waals surface area (Å²) in [5.74, 6) is 1.29. The molecule has 0 aliphatic carbocycles. The summed E-state index contributed by atoms with van der Waals surface area (Å²) in [5.41, 5.74) is 0.659. The van der Waals surface area contributed by atoms with Gasteiger partial charge in [0, 0.05) is 43.6 Å².